The average Bonchev–Trinajstić information content (AvgIpc) is 2.18. The number of hydrogen-bond donors (Lipinski definition) is 2. The number of aromatic carboxylic acids is 1. The molecule has 0 saturated carbocycles. The van der Waals surface area contributed by atoms with Gasteiger partial charge in [-0.25, -0.2) is 14.8 Å². The van der Waals surface area contributed by atoms with Gasteiger partial charge in [-0.15, -0.1) is 0 Å². The topological polar surface area (TPSA) is 84.3 Å². The lowest BCUT2D eigenvalue weighted by atomic mass is 10.3. The molecule has 0 fully saturated rings. The van der Waals surface area contributed by atoms with Gasteiger partial charge in [0.1, 0.15) is 5.82 Å². The van der Waals surface area contributed by atoms with Crippen LogP contribution in [0.5, 0.6) is 0 Å². The first kappa shape index (κ1) is 11.4. The molecule has 82 valence electrons. The number of aromatic nitrogens is 2. The number of nitrogens with one attached hydrogen (secondary N) is 1. The molecule has 15 heavy (non-hydrogen) atoms. The number of carboxylic acid groups (broad SMARTS) is 1. The van der Waals surface area contributed by atoms with E-state index in [-0.39, 0.29) is 11.9 Å². The predicted octanol–water partition coefficient (Wildman–Crippen LogP) is 0.622. The molecule has 1 heterocycles. The Balaban J connectivity index is 2.69. The van der Waals surface area contributed by atoms with Crippen LogP contribution in [0.3, 0.4) is 0 Å². The van der Waals surface area contributed by atoms with Crippen molar-refractivity contribution in [1.29, 1.82) is 0 Å². The average molecular weight is 211 g/mol. The third-order valence-corrected chi connectivity index (χ3v) is 1.66. The van der Waals surface area contributed by atoms with Crippen LogP contribution in [-0.2, 0) is 4.74 Å². The minimum absolute atomic E-state index is 0.0616. The summed E-state index contributed by atoms with van der Waals surface area (Å²) in [7, 11) is 1.60. The normalized spacial score (nSPS) is 12.1. The lowest BCUT2D eigenvalue weighted by Crippen LogP contribution is -2.22. The van der Waals surface area contributed by atoms with Gasteiger partial charge in [-0.2, -0.15) is 0 Å². The summed E-state index contributed by atoms with van der Waals surface area (Å²) >= 11 is 0. The third kappa shape index (κ3) is 3.51. The second-order valence-corrected chi connectivity index (χ2v) is 3.07. The molecule has 6 heteroatoms. The molecule has 2 N–H and O–H groups in total. The molecule has 0 radical (unpaired) electrons. The fourth-order valence-electron chi connectivity index (χ4n) is 1.09. The van der Waals surface area contributed by atoms with Gasteiger partial charge in [-0.1, -0.05) is 0 Å². The Bertz CT molecular complexity index is 343. The van der Waals surface area contributed by atoms with Crippen molar-refractivity contribution in [3.05, 3.63) is 18.1 Å². The summed E-state index contributed by atoms with van der Waals surface area (Å²) in [5.74, 6) is -0.880. The third-order valence-electron chi connectivity index (χ3n) is 1.66. The number of rotatable bonds is 5. The Morgan fingerprint density at radius 3 is 3.07 bits per heavy atom. The van der Waals surface area contributed by atoms with Gasteiger partial charge in [0.2, 0.25) is 5.82 Å². The molecule has 0 bridgehead atoms. The summed E-state index contributed by atoms with van der Waals surface area (Å²) in [5.41, 5.74) is 0. The van der Waals surface area contributed by atoms with E-state index >= 15 is 0 Å². The van der Waals surface area contributed by atoms with Crippen LogP contribution in [0.15, 0.2) is 12.3 Å². The molecule has 0 spiro atoms. The van der Waals surface area contributed by atoms with Crippen LogP contribution in [0.1, 0.15) is 17.5 Å². The second kappa shape index (κ2) is 5.26. The Hall–Kier alpha value is -1.69. The lowest BCUT2D eigenvalue weighted by molar-refractivity contribution is 0.0683. The van der Waals surface area contributed by atoms with Gasteiger partial charge in [0.25, 0.3) is 0 Å². The molecule has 6 nitrogen and oxygen atoms in total. The Morgan fingerprint density at radius 1 is 1.73 bits per heavy atom. The van der Waals surface area contributed by atoms with Crippen molar-refractivity contribution in [1.82, 2.24) is 9.97 Å². The van der Waals surface area contributed by atoms with Crippen molar-refractivity contribution in [2.24, 2.45) is 0 Å². The molecule has 0 saturated heterocycles. The maximum Gasteiger partial charge on any atom is 0.374 e. The number of ether oxygens (including phenoxy) is 1. The van der Waals surface area contributed by atoms with E-state index in [1.165, 1.54) is 6.20 Å². The van der Waals surface area contributed by atoms with Crippen molar-refractivity contribution in [3.8, 4) is 0 Å². The van der Waals surface area contributed by atoms with Crippen LogP contribution in [0, 0.1) is 0 Å². The molecule has 0 aromatic carbocycles. The van der Waals surface area contributed by atoms with E-state index < -0.39 is 5.97 Å². The fraction of sp³-hybridized carbons (Fsp3) is 0.444. The van der Waals surface area contributed by atoms with E-state index in [0.717, 1.165) is 0 Å². The molecule has 0 aliphatic carbocycles. The lowest BCUT2D eigenvalue weighted by Gasteiger charge is -2.12. The molecular weight excluding hydrogens is 198 g/mol. The first-order valence-corrected chi connectivity index (χ1v) is 4.45. The molecule has 0 unspecified atom stereocenters. The van der Waals surface area contributed by atoms with Gasteiger partial charge in [-0.05, 0) is 13.0 Å². The minimum atomic E-state index is -1.14. The van der Waals surface area contributed by atoms with E-state index in [4.69, 9.17) is 9.84 Å². The summed E-state index contributed by atoms with van der Waals surface area (Å²) in [4.78, 5) is 18.0. The zero-order chi connectivity index (χ0) is 11.3. The molecule has 1 rings (SSSR count). The Kier molecular flexibility index (Phi) is 3.99. The van der Waals surface area contributed by atoms with Crippen LogP contribution in [0.2, 0.25) is 0 Å². The zero-order valence-corrected chi connectivity index (χ0v) is 8.60. The zero-order valence-electron chi connectivity index (χ0n) is 8.60. The molecule has 0 amide bonds. The minimum Gasteiger partial charge on any atom is -0.475 e. The first-order chi connectivity index (χ1) is 7.13. The van der Waals surface area contributed by atoms with E-state index in [0.29, 0.717) is 12.4 Å². The van der Waals surface area contributed by atoms with Crippen LogP contribution >= 0.6 is 0 Å². The van der Waals surface area contributed by atoms with Gasteiger partial charge in [0.05, 0.1) is 6.61 Å². The van der Waals surface area contributed by atoms with Crippen LogP contribution < -0.4 is 5.32 Å². The molecule has 1 atom stereocenters. The van der Waals surface area contributed by atoms with Crippen molar-refractivity contribution in [2.75, 3.05) is 19.0 Å². The SMILES string of the molecule is COC[C@@H](C)Nc1ccnc(C(=O)O)n1. The predicted molar refractivity (Wildman–Crippen MR) is 54.0 cm³/mol. The molecule has 1 aromatic heterocycles. The second-order valence-electron chi connectivity index (χ2n) is 3.07. The quantitative estimate of drug-likeness (QED) is 0.742. The maximum atomic E-state index is 10.6. The van der Waals surface area contributed by atoms with E-state index in [1.54, 1.807) is 13.2 Å². The van der Waals surface area contributed by atoms with Crippen molar-refractivity contribution < 1.29 is 14.6 Å². The van der Waals surface area contributed by atoms with Gasteiger partial charge < -0.3 is 15.2 Å². The number of methoxy groups -OCH3 is 1. The number of anilines is 1. The number of carbonyl (C=O) groups is 1. The summed E-state index contributed by atoms with van der Waals surface area (Å²) in [6, 6.07) is 1.67. The van der Waals surface area contributed by atoms with Crippen molar-refractivity contribution in [2.45, 2.75) is 13.0 Å². The van der Waals surface area contributed by atoms with Gasteiger partial charge >= 0.3 is 5.97 Å². The molecule has 0 aliphatic heterocycles. The summed E-state index contributed by atoms with van der Waals surface area (Å²) in [6.45, 7) is 2.43. The smallest absolute Gasteiger partial charge is 0.374 e. The number of nitrogens with zero attached hydrogens (tertiary/aromatic N) is 2. The van der Waals surface area contributed by atoms with Crippen LogP contribution in [-0.4, -0.2) is 40.8 Å². The van der Waals surface area contributed by atoms with Crippen molar-refractivity contribution >= 4 is 11.8 Å². The van der Waals surface area contributed by atoms with Gasteiger partial charge in [0.15, 0.2) is 0 Å². The highest BCUT2D eigenvalue weighted by Crippen LogP contribution is 2.04. The molecule has 0 aliphatic rings. The highest BCUT2D eigenvalue weighted by molar-refractivity contribution is 5.83. The van der Waals surface area contributed by atoms with E-state index in [9.17, 15) is 4.79 Å². The summed E-state index contributed by atoms with van der Waals surface area (Å²) in [6.07, 6.45) is 1.40. The first-order valence-electron chi connectivity index (χ1n) is 4.45. The molecule has 1 aromatic rings. The fourth-order valence-corrected chi connectivity index (χ4v) is 1.09. The summed E-state index contributed by atoms with van der Waals surface area (Å²) in [5, 5.41) is 11.7. The maximum absolute atomic E-state index is 10.6. The van der Waals surface area contributed by atoms with Crippen LogP contribution in [0.4, 0.5) is 5.82 Å². The van der Waals surface area contributed by atoms with Gasteiger partial charge in [0, 0.05) is 19.3 Å². The Morgan fingerprint density at radius 2 is 2.47 bits per heavy atom. The number of hydrogen-bond acceptors (Lipinski definition) is 5. The Labute approximate surface area is 87.3 Å². The highest BCUT2D eigenvalue weighted by Gasteiger charge is 2.08. The van der Waals surface area contributed by atoms with E-state index in [1.807, 2.05) is 6.92 Å². The standard InChI is InChI=1S/C9H13N3O3/c1-6(5-15-2)11-7-3-4-10-8(12-7)9(13)14/h3-4,6H,5H2,1-2H3,(H,13,14)(H,10,11,12)/t6-/m1/s1. The number of carboxylic acids is 1. The monoisotopic (exact) mass is 211 g/mol. The molecular formula is C9H13N3O3. The van der Waals surface area contributed by atoms with E-state index in [2.05, 4.69) is 15.3 Å². The van der Waals surface area contributed by atoms with Crippen molar-refractivity contribution in [3.63, 3.8) is 0 Å². The summed E-state index contributed by atoms with van der Waals surface area (Å²) < 4.78 is 4.93. The largest absolute Gasteiger partial charge is 0.475 e. The highest BCUT2D eigenvalue weighted by atomic mass is 16.5. The van der Waals surface area contributed by atoms with Crippen LogP contribution in [0.25, 0.3) is 0 Å². The van der Waals surface area contributed by atoms with Gasteiger partial charge in [-0.3, -0.25) is 0 Å².